The standard InChI is InChI=1S/C11H10Cl2F2N4O3S.C10H8Cl2F2N4O.2CH4/c1-5-16-19(11(20)18(5)10(14)15)9-4-8(17-23(2,21)22)6(12)3-7(9)13;1-4-16-18(10(19)17(4)9(13)14)8-3-7(15)5(11)2-6(8)12;;/h3-4,10,17H,1-2H3;2-3,9H,15H2,1H3;2*1H4. The summed E-state index contributed by atoms with van der Waals surface area (Å²) in [4.78, 5) is 23.8. The van der Waals surface area contributed by atoms with E-state index in [1.165, 1.54) is 32.0 Å². The van der Waals surface area contributed by atoms with Crippen LogP contribution in [-0.2, 0) is 10.0 Å². The summed E-state index contributed by atoms with van der Waals surface area (Å²) in [6, 6.07) is 4.93. The molecule has 4 rings (SSSR count). The molecule has 0 amide bonds. The van der Waals surface area contributed by atoms with Crippen LogP contribution in [0.1, 0.15) is 39.6 Å². The highest BCUT2D eigenvalue weighted by Crippen LogP contribution is 2.32. The fourth-order valence-electron chi connectivity index (χ4n) is 3.41. The van der Waals surface area contributed by atoms with Gasteiger partial charge in [-0.05, 0) is 38.1 Å². The minimum Gasteiger partial charge on any atom is -0.397 e. The maximum Gasteiger partial charge on any atom is 0.355 e. The number of alkyl halides is 4. The molecule has 12 nitrogen and oxygen atoms in total. The fourth-order valence-corrected chi connectivity index (χ4v) is 5.01. The summed E-state index contributed by atoms with van der Waals surface area (Å²) in [5.74, 6) is -0.363. The van der Waals surface area contributed by atoms with E-state index in [0.717, 1.165) is 17.0 Å². The number of nitrogen functional groups attached to an aromatic ring is 1. The highest BCUT2D eigenvalue weighted by molar-refractivity contribution is 7.92. The first-order valence-electron chi connectivity index (χ1n) is 11.0. The molecule has 2 aromatic carbocycles. The number of nitrogens with zero attached hydrogens (tertiary/aromatic N) is 6. The van der Waals surface area contributed by atoms with Crippen LogP contribution in [0.15, 0.2) is 33.9 Å². The van der Waals surface area contributed by atoms with Gasteiger partial charge in [-0.1, -0.05) is 61.3 Å². The summed E-state index contributed by atoms with van der Waals surface area (Å²) in [5, 5.41) is 7.65. The lowest BCUT2D eigenvalue weighted by molar-refractivity contribution is 0.0634. The lowest BCUT2D eigenvalue weighted by atomic mass is 10.3. The van der Waals surface area contributed by atoms with Gasteiger partial charge in [0, 0.05) is 0 Å². The minimum absolute atomic E-state index is 0. The van der Waals surface area contributed by atoms with Crippen LogP contribution in [0.5, 0.6) is 0 Å². The molecule has 244 valence electrons. The smallest absolute Gasteiger partial charge is 0.355 e. The van der Waals surface area contributed by atoms with Crippen molar-refractivity contribution in [2.75, 3.05) is 16.7 Å². The maximum atomic E-state index is 12.8. The van der Waals surface area contributed by atoms with Gasteiger partial charge in [0.05, 0.1) is 49.1 Å². The molecule has 0 bridgehead atoms. The van der Waals surface area contributed by atoms with Gasteiger partial charge in [0.2, 0.25) is 10.0 Å². The molecule has 2 aromatic heterocycles. The van der Waals surface area contributed by atoms with Gasteiger partial charge in [0.1, 0.15) is 11.6 Å². The van der Waals surface area contributed by atoms with Crippen molar-refractivity contribution in [1.29, 1.82) is 0 Å². The van der Waals surface area contributed by atoms with Crippen LogP contribution >= 0.6 is 46.4 Å². The van der Waals surface area contributed by atoms with E-state index in [2.05, 4.69) is 14.9 Å². The fraction of sp³-hybridized carbons (Fsp3) is 0.304. The third-order valence-corrected chi connectivity index (χ3v) is 7.04. The number of aryl methyl sites for hydroxylation is 2. The molecule has 0 atom stereocenters. The van der Waals surface area contributed by atoms with Crippen LogP contribution in [0.3, 0.4) is 0 Å². The quantitative estimate of drug-likeness (QED) is 0.174. The molecule has 0 aliphatic rings. The molecule has 0 fully saturated rings. The molecule has 44 heavy (non-hydrogen) atoms. The van der Waals surface area contributed by atoms with E-state index in [-0.39, 0.29) is 78.5 Å². The normalized spacial score (nSPS) is 11.1. The molecule has 0 spiro atoms. The highest BCUT2D eigenvalue weighted by Gasteiger charge is 2.22. The van der Waals surface area contributed by atoms with Gasteiger partial charge in [-0.3, -0.25) is 4.72 Å². The molecule has 3 N–H and O–H groups in total. The van der Waals surface area contributed by atoms with E-state index in [1.54, 1.807) is 0 Å². The van der Waals surface area contributed by atoms with Crippen molar-refractivity contribution in [3.63, 3.8) is 0 Å². The lowest BCUT2D eigenvalue weighted by Crippen LogP contribution is -2.25. The van der Waals surface area contributed by atoms with E-state index in [9.17, 15) is 35.6 Å². The van der Waals surface area contributed by atoms with Gasteiger partial charge in [0.25, 0.3) is 0 Å². The summed E-state index contributed by atoms with van der Waals surface area (Å²) in [6.07, 6.45) is 0.902. The molecule has 0 aliphatic carbocycles. The number of rotatable bonds is 6. The van der Waals surface area contributed by atoms with E-state index >= 15 is 0 Å². The zero-order valence-corrected chi connectivity index (χ0v) is 25.1. The Labute approximate surface area is 268 Å². The van der Waals surface area contributed by atoms with Gasteiger partial charge in [-0.2, -0.15) is 26.9 Å². The van der Waals surface area contributed by atoms with Crippen LogP contribution in [0.25, 0.3) is 11.4 Å². The number of hydrogen-bond donors (Lipinski definition) is 2. The summed E-state index contributed by atoms with van der Waals surface area (Å²) in [5.41, 5.74) is 3.58. The van der Waals surface area contributed by atoms with Crippen molar-refractivity contribution < 1.29 is 26.0 Å². The van der Waals surface area contributed by atoms with Crippen LogP contribution < -0.4 is 21.8 Å². The number of nitrogens with two attached hydrogens (primary N) is 1. The second kappa shape index (κ2) is 14.7. The molecular weight excluding hydrogens is 702 g/mol. The maximum absolute atomic E-state index is 12.8. The second-order valence-corrected chi connectivity index (χ2v) is 11.6. The molecule has 2 heterocycles. The number of aromatic nitrogens is 6. The predicted octanol–water partition coefficient (Wildman–Crippen LogP) is 6.31. The molecule has 0 aliphatic heterocycles. The highest BCUT2D eigenvalue weighted by atomic mass is 35.5. The van der Waals surface area contributed by atoms with Gasteiger partial charge in [-0.15, -0.1) is 10.2 Å². The Morgan fingerprint density at radius 3 is 1.50 bits per heavy atom. The third kappa shape index (κ3) is 8.26. The Morgan fingerprint density at radius 1 is 0.750 bits per heavy atom. The van der Waals surface area contributed by atoms with Gasteiger partial charge in [-0.25, -0.2) is 27.1 Å². The zero-order chi connectivity index (χ0) is 31.8. The Kier molecular flexibility index (Phi) is 12.9. The number of benzene rings is 2. The molecule has 21 heteroatoms. The summed E-state index contributed by atoms with van der Waals surface area (Å²) < 4.78 is 77.7. The molecule has 0 saturated heterocycles. The van der Waals surface area contributed by atoms with Crippen LogP contribution in [0.2, 0.25) is 20.1 Å². The summed E-state index contributed by atoms with van der Waals surface area (Å²) in [7, 11) is -3.65. The Bertz CT molecular complexity index is 1890. The Balaban J connectivity index is 0.000000427. The zero-order valence-electron chi connectivity index (χ0n) is 21.3. The first-order valence-corrected chi connectivity index (χ1v) is 14.4. The van der Waals surface area contributed by atoms with Crippen molar-refractivity contribution in [2.45, 2.75) is 41.8 Å². The molecule has 0 radical (unpaired) electrons. The van der Waals surface area contributed by atoms with Crippen molar-refractivity contribution in [3.8, 4) is 11.4 Å². The van der Waals surface area contributed by atoms with Crippen LogP contribution in [0.4, 0.5) is 28.9 Å². The van der Waals surface area contributed by atoms with E-state index in [1.807, 2.05) is 0 Å². The number of anilines is 2. The van der Waals surface area contributed by atoms with Gasteiger partial charge < -0.3 is 5.73 Å². The predicted molar refractivity (Wildman–Crippen MR) is 164 cm³/mol. The third-order valence-electron chi connectivity index (χ3n) is 5.21. The lowest BCUT2D eigenvalue weighted by Gasteiger charge is -2.10. The largest absolute Gasteiger partial charge is 0.397 e. The summed E-state index contributed by atoms with van der Waals surface area (Å²) in [6.45, 7) is -3.54. The molecular formula is C23H26Cl4F4N8O4S. The summed E-state index contributed by atoms with van der Waals surface area (Å²) >= 11 is 23.5. The second-order valence-electron chi connectivity index (χ2n) is 8.26. The SMILES string of the molecule is C.C.Cc1nn(-c2cc(N)c(Cl)cc2Cl)c(=O)n1C(F)F.Cc1nn(-c2cc(NS(C)(=O)=O)c(Cl)cc2Cl)c(=O)n1C(F)F. The first kappa shape index (κ1) is 38.8. The van der Waals surface area contributed by atoms with E-state index in [0.29, 0.717) is 4.68 Å². The van der Waals surface area contributed by atoms with Crippen molar-refractivity contribution in [2.24, 2.45) is 0 Å². The Morgan fingerprint density at radius 2 is 1.14 bits per heavy atom. The van der Waals surface area contributed by atoms with Crippen molar-refractivity contribution in [1.82, 2.24) is 28.7 Å². The van der Waals surface area contributed by atoms with Crippen molar-refractivity contribution >= 4 is 67.8 Å². The van der Waals surface area contributed by atoms with E-state index < -0.39 is 34.5 Å². The number of halogens is 8. The average Bonchev–Trinajstić information content (AvgIpc) is 3.31. The minimum atomic E-state index is -3.65. The van der Waals surface area contributed by atoms with Crippen molar-refractivity contribution in [3.05, 3.63) is 77.0 Å². The monoisotopic (exact) mass is 726 g/mol. The van der Waals surface area contributed by atoms with Gasteiger partial charge in [0.15, 0.2) is 0 Å². The molecule has 0 saturated carbocycles. The topological polar surface area (TPSA) is 152 Å². The van der Waals surface area contributed by atoms with E-state index in [4.69, 9.17) is 52.1 Å². The average molecular weight is 728 g/mol. The van der Waals surface area contributed by atoms with Crippen LogP contribution in [-0.4, -0.2) is 43.4 Å². The number of hydrogen-bond acceptors (Lipinski definition) is 7. The first-order chi connectivity index (χ1) is 19.3. The number of sulfonamides is 1. The molecule has 0 unspecified atom stereocenters. The molecule has 4 aromatic rings. The van der Waals surface area contributed by atoms with Gasteiger partial charge >= 0.3 is 24.5 Å². The number of nitrogens with one attached hydrogen (secondary N) is 1. The van der Waals surface area contributed by atoms with Crippen LogP contribution in [0, 0.1) is 13.8 Å². The Hall–Kier alpha value is -3.25.